The van der Waals surface area contributed by atoms with Gasteiger partial charge in [-0.3, -0.25) is 4.79 Å². The van der Waals surface area contributed by atoms with Crippen LogP contribution in [0.25, 0.3) is 0 Å². The van der Waals surface area contributed by atoms with Crippen LogP contribution >= 0.6 is 11.6 Å². The molecule has 2 heterocycles. The van der Waals surface area contributed by atoms with Gasteiger partial charge in [0.2, 0.25) is 0 Å². The van der Waals surface area contributed by atoms with Gasteiger partial charge < -0.3 is 4.90 Å². The van der Waals surface area contributed by atoms with Gasteiger partial charge in [-0.1, -0.05) is 11.6 Å². The number of likely N-dealkylation sites (tertiary alicyclic amines) is 1. The highest BCUT2D eigenvalue weighted by Crippen LogP contribution is 2.26. The van der Waals surface area contributed by atoms with Crippen LogP contribution in [-0.2, 0) is 0 Å². The topological polar surface area (TPSA) is 49.0 Å². The first-order valence-corrected chi connectivity index (χ1v) is 6.45. The van der Waals surface area contributed by atoms with Crippen LogP contribution in [0.5, 0.6) is 0 Å². The summed E-state index contributed by atoms with van der Waals surface area (Å²) >= 11 is 5.83. The molecule has 0 radical (unpaired) electrons. The van der Waals surface area contributed by atoms with Crippen molar-refractivity contribution >= 4 is 11.6 Å². The number of rotatable bonds is 2. The lowest BCUT2D eigenvalue weighted by atomic mass is 9.94. The van der Waals surface area contributed by atoms with Crippen LogP contribution < -0.4 is 5.56 Å². The first-order valence-electron chi connectivity index (χ1n) is 6.07. The van der Waals surface area contributed by atoms with E-state index in [0.29, 0.717) is 12.0 Å². The van der Waals surface area contributed by atoms with Crippen molar-refractivity contribution in [2.24, 2.45) is 0 Å². The first kappa shape index (κ1) is 12.6. The normalized spacial score (nSPS) is 22.0. The summed E-state index contributed by atoms with van der Waals surface area (Å²) in [6, 6.07) is 2.26. The highest BCUT2D eigenvalue weighted by Gasteiger charge is 2.24. The summed E-state index contributed by atoms with van der Waals surface area (Å²) < 4.78 is 0. The molecule has 1 aromatic rings. The molecule has 5 heteroatoms. The van der Waals surface area contributed by atoms with Crippen LogP contribution in [0.1, 0.15) is 38.3 Å². The summed E-state index contributed by atoms with van der Waals surface area (Å²) in [6.45, 7) is 6.55. The smallest absolute Gasteiger partial charge is 0.282 e. The zero-order valence-corrected chi connectivity index (χ0v) is 11.0. The fourth-order valence-electron chi connectivity index (χ4n) is 2.32. The Morgan fingerprint density at radius 1 is 1.59 bits per heavy atom. The predicted octanol–water partition coefficient (Wildman–Crippen LogP) is 2.01. The molecule has 17 heavy (non-hydrogen) atoms. The number of hydrogen-bond acceptors (Lipinski definition) is 3. The number of aromatic amines is 1. The molecular formula is C12H18ClN3O. The van der Waals surface area contributed by atoms with Crippen LogP contribution in [0.4, 0.5) is 0 Å². The number of aromatic nitrogens is 2. The summed E-state index contributed by atoms with van der Waals surface area (Å²) in [5.74, 6) is 0.375. The Labute approximate surface area is 106 Å². The lowest BCUT2D eigenvalue weighted by molar-refractivity contribution is 0.166. The number of hydrogen-bond donors (Lipinski definition) is 1. The maximum absolute atomic E-state index is 11.2. The number of halogens is 1. The molecule has 0 aliphatic carbocycles. The molecule has 94 valence electrons. The standard InChI is InChI=1S/C12H18ClN3O/c1-8(2)16-5-3-4-9(7-16)11-6-10(13)12(17)15-14-11/h6,8-9H,3-5,7H2,1-2H3,(H,15,17). The molecule has 1 atom stereocenters. The molecule has 0 bridgehead atoms. The van der Waals surface area contributed by atoms with Crippen molar-refractivity contribution in [1.29, 1.82) is 0 Å². The zero-order chi connectivity index (χ0) is 12.4. The average Bonchev–Trinajstić information content (AvgIpc) is 2.33. The van der Waals surface area contributed by atoms with Gasteiger partial charge in [0, 0.05) is 18.5 Å². The van der Waals surface area contributed by atoms with Crippen molar-refractivity contribution < 1.29 is 0 Å². The maximum Gasteiger partial charge on any atom is 0.282 e. The molecule has 1 N–H and O–H groups in total. The lowest BCUT2D eigenvalue weighted by Gasteiger charge is -2.35. The van der Waals surface area contributed by atoms with Gasteiger partial charge in [-0.15, -0.1) is 0 Å². The Balaban J connectivity index is 2.16. The Morgan fingerprint density at radius 2 is 2.35 bits per heavy atom. The van der Waals surface area contributed by atoms with E-state index < -0.39 is 0 Å². The third-order valence-corrected chi connectivity index (χ3v) is 3.66. The van der Waals surface area contributed by atoms with Gasteiger partial charge in [0.05, 0.1) is 5.69 Å². The van der Waals surface area contributed by atoms with Crippen molar-refractivity contribution in [2.45, 2.75) is 38.6 Å². The van der Waals surface area contributed by atoms with Crippen LogP contribution in [0, 0.1) is 0 Å². The van der Waals surface area contributed by atoms with Gasteiger partial charge >= 0.3 is 0 Å². The number of H-pyrrole nitrogens is 1. The molecule has 1 aromatic heterocycles. The summed E-state index contributed by atoms with van der Waals surface area (Å²) in [6.07, 6.45) is 2.28. The molecule has 0 spiro atoms. The van der Waals surface area contributed by atoms with Crippen LogP contribution in [0.3, 0.4) is 0 Å². The quantitative estimate of drug-likeness (QED) is 0.880. The Morgan fingerprint density at radius 3 is 3.00 bits per heavy atom. The summed E-state index contributed by atoms with van der Waals surface area (Å²) in [5, 5.41) is 6.79. The number of piperidine rings is 1. The first-order chi connectivity index (χ1) is 8.08. The second-order valence-corrected chi connectivity index (χ2v) is 5.30. The van der Waals surface area contributed by atoms with Crippen molar-refractivity contribution in [1.82, 2.24) is 15.1 Å². The van der Waals surface area contributed by atoms with E-state index in [4.69, 9.17) is 11.6 Å². The molecule has 1 saturated heterocycles. The van der Waals surface area contributed by atoms with E-state index >= 15 is 0 Å². The molecular weight excluding hydrogens is 238 g/mol. The second-order valence-electron chi connectivity index (χ2n) is 4.90. The summed E-state index contributed by atoms with van der Waals surface area (Å²) in [7, 11) is 0. The number of nitrogens with one attached hydrogen (secondary N) is 1. The summed E-state index contributed by atoms with van der Waals surface area (Å²) in [5.41, 5.74) is 0.590. The number of nitrogens with zero attached hydrogens (tertiary/aromatic N) is 2. The van der Waals surface area contributed by atoms with Crippen molar-refractivity contribution in [3.05, 3.63) is 27.1 Å². The zero-order valence-electron chi connectivity index (χ0n) is 10.2. The maximum atomic E-state index is 11.2. The van der Waals surface area contributed by atoms with E-state index in [1.165, 1.54) is 6.42 Å². The van der Waals surface area contributed by atoms with Gasteiger partial charge in [-0.2, -0.15) is 5.10 Å². The van der Waals surface area contributed by atoms with E-state index in [-0.39, 0.29) is 10.6 Å². The minimum atomic E-state index is -0.313. The van der Waals surface area contributed by atoms with Crippen LogP contribution in [0.2, 0.25) is 5.02 Å². The third-order valence-electron chi connectivity index (χ3n) is 3.38. The molecule has 1 fully saturated rings. The minimum Gasteiger partial charge on any atom is -0.300 e. The molecule has 4 nitrogen and oxygen atoms in total. The molecule has 0 saturated carbocycles. The largest absolute Gasteiger partial charge is 0.300 e. The second kappa shape index (κ2) is 5.19. The van der Waals surface area contributed by atoms with Gasteiger partial charge in [-0.25, -0.2) is 5.10 Å². The Hall–Kier alpha value is -0.870. The van der Waals surface area contributed by atoms with E-state index in [1.807, 2.05) is 0 Å². The minimum absolute atomic E-state index is 0.233. The van der Waals surface area contributed by atoms with E-state index in [9.17, 15) is 4.79 Å². The fourth-order valence-corrected chi connectivity index (χ4v) is 2.48. The fraction of sp³-hybridized carbons (Fsp3) is 0.667. The van der Waals surface area contributed by atoms with Crippen molar-refractivity contribution in [3.63, 3.8) is 0 Å². The van der Waals surface area contributed by atoms with E-state index in [0.717, 1.165) is 25.2 Å². The van der Waals surface area contributed by atoms with Gasteiger partial charge in [0.15, 0.2) is 0 Å². The Kier molecular flexibility index (Phi) is 3.84. The average molecular weight is 256 g/mol. The molecule has 0 amide bonds. The van der Waals surface area contributed by atoms with Gasteiger partial charge in [0.1, 0.15) is 5.02 Å². The third kappa shape index (κ3) is 2.87. The molecule has 0 aromatic carbocycles. The summed E-state index contributed by atoms with van der Waals surface area (Å²) in [4.78, 5) is 13.6. The SMILES string of the molecule is CC(C)N1CCCC(c2cc(Cl)c(=O)[nH]n2)C1. The molecule has 2 rings (SSSR count). The van der Waals surface area contributed by atoms with Crippen LogP contribution in [0.15, 0.2) is 10.9 Å². The monoisotopic (exact) mass is 255 g/mol. The van der Waals surface area contributed by atoms with Gasteiger partial charge in [-0.05, 0) is 39.3 Å². The molecule has 1 aliphatic rings. The van der Waals surface area contributed by atoms with Crippen molar-refractivity contribution in [3.8, 4) is 0 Å². The van der Waals surface area contributed by atoms with E-state index in [2.05, 4.69) is 28.9 Å². The van der Waals surface area contributed by atoms with Crippen LogP contribution in [-0.4, -0.2) is 34.2 Å². The Bertz CT molecular complexity index is 444. The molecule has 1 unspecified atom stereocenters. The van der Waals surface area contributed by atoms with Gasteiger partial charge in [0.25, 0.3) is 5.56 Å². The highest BCUT2D eigenvalue weighted by molar-refractivity contribution is 6.30. The van der Waals surface area contributed by atoms with Crippen molar-refractivity contribution in [2.75, 3.05) is 13.1 Å². The highest BCUT2D eigenvalue weighted by atomic mass is 35.5. The predicted molar refractivity (Wildman–Crippen MR) is 68.6 cm³/mol. The molecule has 1 aliphatic heterocycles. The lowest BCUT2D eigenvalue weighted by Crippen LogP contribution is -2.39. The van der Waals surface area contributed by atoms with E-state index in [1.54, 1.807) is 6.07 Å².